The van der Waals surface area contributed by atoms with Crippen molar-refractivity contribution in [2.24, 2.45) is 0 Å². The van der Waals surface area contributed by atoms with Crippen molar-refractivity contribution >= 4 is 5.69 Å². The number of nitrogens with zero attached hydrogens (tertiary/aromatic N) is 2. The summed E-state index contributed by atoms with van der Waals surface area (Å²) in [6, 6.07) is 16.1. The molecule has 0 unspecified atom stereocenters. The Morgan fingerprint density at radius 2 is 1.89 bits per heavy atom. The molecule has 94 valence electrons. The van der Waals surface area contributed by atoms with Crippen molar-refractivity contribution in [1.82, 2.24) is 0 Å². The first kappa shape index (κ1) is 11.6. The largest absolute Gasteiger partial charge is 0.497 e. The lowest BCUT2D eigenvalue weighted by molar-refractivity contribution is 0.414. The molecule has 0 saturated carbocycles. The first-order valence-electron chi connectivity index (χ1n) is 6.21. The molecule has 3 nitrogen and oxygen atoms in total. The number of hydrogen-bond donors (Lipinski definition) is 0. The Balaban J connectivity index is 1.93. The highest BCUT2D eigenvalue weighted by atomic mass is 16.5. The van der Waals surface area contributed by atoms with Crippen LogP contribution in [0, 0.1) is 11.3 Å². The van der Waals surface area contributed by atoms with Gasteiger partial charge in [-0.15, -0.1) is 0 Å². The van der Waals surface area contributed by atoms with Crippen LogP contribution in [-0.4, -0.2) is 7.11 Å². The van der Waals surface area contributed by atoms with E-state index < -0.39 is 0 Å². The molecular formula is C16H14N2O. The highest BCUT2D eigenvalue weighted by molar-refractivity contribution is 5.61. The number of ether oxygens (including phenoxy) is 1. The number of rotatable bonds is 2. The summed E-state index contributed by atoms with van der Waals surface area (Å²) < 4.78 is 5.25. The van der Waals surface area contributed by atoms with Crippen LogP contribution in [0.5, 0.6) is 5.75 Å². The van der Waals surface area contributed by atoms with E-state index in [2.05, 4.69) is 23.1 Å². The van der Waals surface area contributed by atoms with Crippen LogP contribution in [-0.2, 0) is 13.1 Å². The molecule has 2 aromatic carbocycles. The Hall–Kier alpha value is -2.47. The highest BCUT2D eigenvalue weighted by Crippen LogP contribution is 2.32. The molecule has 0 N–H and O–H groups in total. The van der Waals surface area contributed by atoms with Crippen molar-refractivity contribution in [2.45, 2.75) is 13.1 Å². The Morgan fingerprint density at radius 3 is 2.68 bits per heavy atom. The van der Waals surface area contributed by atoms with E-state index in [1.54, 1.807) is 7.11 Å². The van der Waals surface area contributed by atoms with Gasteiger partial charge in [0, 0.05) is 13.1 Å². The number of anilines is 1. The van der Waals surface area contributed by atoms with Crippen molar-refractivity contribution in [3.05, 3.63) is 59.2 Å². The number of hydrogen-bond acceptors (Lipinski definition) is 3. The number of para-hydroxylation sites is 1. The number of benzene rings is 2. The van der Waals surface area contributed by atoms with E-state index in [0.717, 1.165) is 30.1 Å². The lowest BCUT2D eigenvalue weighted by atomic mass is 10.1. The Kier molecular flexibility index (Phi) is 2.85. The Morgan fingerprint density at radius 1 is 1.11 bits per heavy atom. The Bertz CT molecular complexity index is 658. The predicted octanol–water partition coefficient (Wildman–Crippen LogP) is 3.09. The number of methoxy groups -OCH3 is 1. The van der Waals surface area contributed by atoms with Crippen LogP contribution in [0.15, 0.2) is 42.5 Å². The first-order valence-corrected chi connectivity index (χ1v) is 6.21. The molecule has 3 heteroatoms. The first-order chi connectivity index (χ1) is 9.31. The van der Waals surface area contributed by atoms with Gasteiger partial charge in [-0.1, -0.05) is 18.2 Å². The van der Waals surface area contributed by atoms with Crippen molar-refractivity contribution in [3.63, 3.8) is 0 Å². The van der Waals surface area contributed by atoms with Crippen molar-refractivity contribution < 1.29 is 4.74 Å². The van der Waals surface area contributed by atoms with Crippen molar-refractivity contribution in [3.8, 4) is 11.8 Å². The molecule has 0 bridgehead atoms. The summed E-state index contributed by atoms with van der Waals surface area (Å²) in [5, 5.41) is 9.18. The lowest BCUT2D eigenvalue weighted by Crippen LogP contribution is -2.15. The maximum absolute atomic E-state index is 9.18. The summed E-state index contributed by atoms with van der Waals surface area (Å²) in [5.74, 6) is 0.883. The maximum Gasteiger partial charge on any atom is 0.119 e. The summed E-state index contributed by atoms with van der Waals surface area (Å²) >= 11 is 0. The topological polar surface area (TPSA) is 36.3 Å². The fourth-order valence-electron chi connectivity index (χ4n) is 2.51. The van der Waals surface area contributed by atoms with Gasteiger partial charge in [-0.05, 0) is 35.4 Å². The van der Waals surface area contributed by atoms with Crippen LogP contribution in [0.2, 0.25) is 0 Å². The summed E-state index contributed by atoms with van der Waals surface area (Å²) in [4.78, 5) is 2.22. The standard InChI is InChI=1S/C16H14N2O/c1-19-15-7-6-13-10-18(11-14(13)8-15)16-5-3-2-4-12(16)9-17/h2-8H,10-11H2,1H3. The summed E-state index contributed by atoms with van der Waals surface area (Å²) in [7, 11) is 1.68. The summed E-state index contributed by atoms with van der Waals surface area (Å²) in [6.45, 7) is 1.67. The average molecular weight is 250 g/mol. The zero-order valence-electron chi connectivity index (χ0n) is 10.8. The molecule has 3 rings (SSSR count). The van der Waals surface area contributed by atoms with Gasteiger partial charge in [0.1, 0.15) is 11.8 Å². The molecule has 0 spiro atoms. The highest BCUT2D eigenvalue weighted by Gasteiger charge is 2.21. The van der Waals surface area contributed by atoms with Crippen LogP contribution < -0.4 is 9.64 Å². The van der Waals surface area contributed by atoms with Crippen LogP contribution in [0.4, 0.5) is 5.69 Å². The second kappa shape index (κ2) is 4.66. The molecule has 0 amide bonds. The van der Waals surface area contributed by atoms with Gasteiger partial charge in [-0.3, -0.25) is 0 Å². The van der Waals surface area contributed by atoms with E-state index in [4.69, 9.17) is 4.74 Å². The smallest absolute Gasteiger partial charge is 0.119 e. The SMILES string of the molecule is COc1ccc2c(c1)CN(c1ccccc1C#N)C2. The molecule has 1 aliphatic rings. The monoisotopic (exact) mass is 250 g/mol. The molecule has 0 aromatic heterocycles. The van der Waals surface area contributed by atoms with E-state index in [1.807, 2.05) is 30.3 Å². The van der Waals surface area contributed by atoms with E-state index in [9.17, 15) is 5.26 Å². The molecule has 0 atom stereocenters. The third kappa shape index (κ3) is 2.02. The third-order valence-corrected chi connectivity index (χ3v) is 3.50. The minimum atomic E-state index is 0.724. The normalized spacial score (nSPS) is 12.9. The van der Waals surface area contributed by atoms with Crippen molar-refractivity contribution in [1.29, 1.82) is 5.26 Å². The molecular weight excluding hydrogens is 236 g/mol. The number of nitriles is 1. The van der Waals surface area contributed by atoms with Crippen LogP contribution in [0.25, 0.3) is 0 Å². The molecule has 0 aliphatic carbocycles. The van der Waals surface area contributed by atoms with Crippen LogP contribution in [0.3, 0.4) is 0 Å². The van der Waals surface area contributed by atoms with E-state index >= 15 is 0 Å². The van der Waals surface area contributed by atoms with Crippen LogP contribution in [0.1, 0.15) is 16.7 Å². The molecule has 19 heavy (non-hydrogen) atoms. The average Bonchev–Trinajstić information content (AvgIpc) is 2.89. The fourth-order valence-corrected chi connectivity index (χ4v) is 2.51. The molecule has 0 saturated heterocycles. The van der Waals surface area contributed by atoms with Gasteiger partial charge in [-0.2, -0.15) is 5.26 Å². The minimum Gasteiger partial charge on any atom is -0.497 e. The number of fused-ring (bicyclic) bond motifs is 1. The third-order valence-electron chi connectivity index (χ3n) is 3.50. The minimum absolute atomic E-state index is 0.724. The van der Waals surface area contributed by atoms with Gasteiger partial charge in [0.15, 0.2) is 0 Å². The summed E-state index contributed by atoms with van der Waals surface area (Å²) in [6.07, 6.45) is 0. The van der Waals surface area contributed by atoms with E-state index in [0.29, 0.717) is 0 Å². The molecule has 0 fully saturated rings. The van der Waals surface area contributed by atoms with E-state index in [1.165, 1.54) is 11.1 Å². The van der Waals surface area contributed by atoms with Gasteiger partial charge in [0.2, 0.25) is 0 Å². The second-order valence-electron chi connectivity index (χ2n) is 4.62. The molecule has 2 aromatic rings. The van der Waals surface area contributed by atoms with E-state index in [-0.39, 0.29) is 0 Å². The van der Waals surface area contributed by atoms with Gasteiger partial charge in [0.05, 0.1) is 18.4 Å². The van der Waals surface area contributed by atoms with Gasteiger partial charge in [0.25, 0.3) is 0 Å². The second-order valence-corrected chi connectivity index (χ2v) is 4.62. The molecule has 0 radical (unpaired) electrons. The molecule has 1 heterocycles. The quantitative estimate of drug-likeness (QED) is 0.821. The fraction of sp³-hybridized carbons (Fsp3) is 0.188. The zero-order valence-corrected chi connectivity index (χ0v) is 10.8. The maximum atomic E-state index is 9.18. The summed E-state index contributed by atoms with van der Waals surface area (Å²) in [5.41, 5.74) is 4.29. The van der Waals surface area contributed by atoms with Gasteiger partial charge >= 0.3 is 0 Å². The van der Waals surface area contributed by atoms with Gasteiger partial charge < -0.3 is 9.64 Å². The lowest BCUT2D eigenvalue weighted by Gasteiger charge is -2.18. The predicted molar refractivity (Wildman–Crippen MR) is 74.0 cm³/mol. The zero-order chi connectivity index (χ0) is 13.2. The van der Waals surface area contributed by atoms with Gasteiger partial charge in [-0.25, -0.2) is 0 Å². The van der Waals surface area contributed by atoms with Crippen molar-refractivity contribution in [2.75, 3.05) is 12.0 Å². The van der Waals surface area contributed by atoms with Crippen LogP contribution >= 0.6 is 0 Å². The molecule has 1 aliphatic heterocycles. The Labute approximate surface area is 112 Å².